The highest BCUT2D eigenvalue weighted by atomic mass is 16.5. The number of aromatic nitrogens is 4. The summed E-state index contributed by atoms with van der Waals surface area (Å²) >= 11 is 0. The number of fused-ring (bicyclic) bond motifs is 1. The number of rotatable bonds is 13. The van der Waals surface area contributed by atoms with Crippen LogP contribution in [0.4, 0.5) is 0 Å². The molecule has 0 aromatic carbocycles. The topological polar surface area (TPSA) is 137 Å². The summed E-state index contributed by atoms with van der Waals surface area (Å²) in [5.41, 5.74) is 1.73. The standard InChI is InChI=1S/C30H46N6O3.CH2O2/c1-21(2)13-18-35(19-14-22(3)4)28(37)23-11-12-25-31-26(27-32-29(33-39-27)30(5,6)38)24(36(25)20-23)10-9-17-34-15-7-8-16-34;2-1-3/h11-12,20-22,38H,7-10,13-19H2,1-6H3;1H,(H,2,3). The van der Waals surface area contributed by atoms with E-state index in [4.69, 9.17) is 19.4 Å². The number of carboxylic acid groups (broad SMARTS) is 1. The van der Waals surface area contributed by atoms with Gasteiger partial charge in [0.05, 0.1) is 11.3 Å². The van der Waals surface area contributed by atoms with Crippen LogP contribution in [0.2, 0.25) is 0 Å². The second kappa shape index (κ2) is 15.2. The SMILES string of the molecule is CC(C)CCN(CCC(C)C)C(=O)c1ccc2nc(-c3nc(C(C)(C)O)no3)c(CCCN3CCCC3)n2c1.O=CO. The smallest absolute Gasteiger partial charge is 0.290 e. The molecule has 3 aromatic rings. The molecule has 11 nitrogen and oxygen atoms in total. The van der Waals surface area contributed by atoms with Crippen molar-refractivity contribution in [2.75, 3.05) is 32.7 Å². The molecular weight excluding hydrogens is 536 g/mol. The Morgan fingerprint density at radius 1 is 1.10 bits per heavy atom. The largest absolute Gasteiger partial charge is 0.483 e. The van der Waals surface area contributed by atoms with Crippen LogP contribution in [-0.4, -0.2) is 84.6 Å². The lowest BCUT2D eigenvalue weighted by Crippen LogP contribution is -2.34. The Bertz CT molecular complexity index is 1270. The third kappa shape index (κ3) is 9.09. The van der Waals surface area contributed by atoms with Gasteiger partial charge >= 0.3 is 0 Å². The van der Waals surface area contributed by atoms with Crippen LogP contribution in [0.3, 0.4) is 0 Å². The van der Waals surface area contributed by atoms with Crippen LogP contribution in [0.1, 0.15) is 95.5 Å². The summed E-state index contributed by atoms with van der Waals surface area (Å²) in [4.78, 5) is 35.9. The zero-order valence-corrected chi connectivity index (χ0v) is 26.0. The Morgan fingerprint density at radius 3 is 2.26 bits per heavy atom. The number of imidazole rings is 1. The van der Waals surface area contributed by atoms with Crippen molar-refractivity contribution in [3.8, 4) is 11.6 Å². The van der Waals surface area contributed by atoms with Crippen molar-refractivity contribution in [2.45, 2.75) is 85.7 Å². The molecule has 1 aliphatic heterocycles. The molecule has 4 heterocycles. The summed E-state index contributed by atoms with van der Waals surface area (Å²) in [7, 11) is 0. The second-order valence-electron chi connectivity index (χ2n) is 12.5. The van der Waals surface area contributed by atoms with Gasteiger partial charge in [-0.05, 0) is 96.0 Å². The molecule has 232 valence electrons. The normalized spacial score (nSPS) is 14.0. The molecule has 0 radical (unpaired) electrons. The molecule has 1 saturated heterocycles. The van der Waals surface area contributed by atoms with Gasteiger partial charge in [0.15, 0.2) is 5.69 Å². The molecule has 11 heteroatoms. The van der Waals surface area contributed by atoms with Gasteiger partial charge in [-0.3, -0.25) is 9.59 Å². The third-order valence-electron chi connectivity index (χ3n) is 7.47. The summed E-state index contributed by atoms with van der Waals surface area (Å²) in [5, 5.41) is 21.3. The number of hydrogen-bond acceptors (Lipinski definition) is 8. The van der Waals surface area contributed by atoms with E-state index >= 15 is 0 Å². The molecule has 0 saturated carbocycles. The van der Waals surface area contributed by atoms with Crippen LogP contribution in [0.5, 0.6) is 0 Å². The first kappa shape index (κ1) is 33.2. The minimum atomic E-state index is -1.22. The van der Waals surface area contributed by atoms with E-state index in [9.17, 15) is 9.90 Å². The van der Waals surface area contributed by atoms with Gasteiger partial charge in [0.2, 0.25) is 5.82 Å². The second-order valence-corrected chi connectivity index (χ2v) is 12.5. The lowest BCUT2D eigenvalue weighted by atomic mass is 10.1. The van der Waals surface area contributed by atoms with Crippen molar-refractivity contribution in [1.29, 1.82) is 0 Å². The van der Waals surface area contributed by atoms with E-state index in [0.29, 0.717) is 23.1 Å². The fourth-order valence-electron chi connectivity index (χ4n) is 5.00. The molecule has 0 atom stereocenters. The van der Waals surface area contributed by atoms with Crippen LogP contribution >= 0.6 is 0 Å². The molecule has 0 spiro atoms. The zero-order chi connectivity index (χ0) is 30.9. The molecule has 3 aromatic heterocycles. The highest BCUT2D eigenvalue weighted by Gasteiger charge is 2.27. The summed E-state index contributed by atoms with van der Waals surface area (Å²) in [6.45, 7) is 16.6. The van der Waals surface area contributed by atoms with Crippen LogP contribution in [0.25, 0.3) is 17.2 Å². The molecular formula is C31H48N6O5. The number of amides is 1. The van der Waals surface area contributed by atoms with Crippen LogP contribution in [0, 0.1) is 11.8 Å². The van der Waals surface area contributed by atoms with Crippen LogP contribution in [-0.2, 0) is 16.8 Å². The summed E-state index contributed by atoms with van der Waals surface area (Å²) in [5.74, 6) is 1.63. The van der Waals surface area contributed by atoms with Gasteiger partial charge in [0.25, 0.3) is 18.3 Å². The fraction of sp³-hybridized carbons (Fsp3) is 0.645. The van der Waals surface area contributed by atoms with E-state index in [-0.39, 0.29) is 24.1 Å². The Morgan fingerprint density at radius 2 is 1.71 bits per heavy atom. The minimum Gasteiger partial charge on any atom is -0.483 e. The molecule has 42 heavy (non-hydrogen) atoms. The molecule has 1 fully saturated rings. The van der Waals surface area contributed by atoms with Gasteiger partial charge in [-0.15, -0.1) is 0 Å². The maximum absolute atomic E-state index is 13.7. The lowest BCUT2D eigenvalue weighted by Gasteiger charge is -2.24. The first-order valence-corrected chi connectivity index (χ1v) is 15.1. The van der Waals surface area contributed by atoms with Crippen molar-refractivity contribution in [1.82, 2.24) is 29.3 Å². The van der Waals surface area contributed by atoms with E-state index in [1.165, 1.54) is 12.8 Å². The van der Waals surface area contributed by atoms with Gasteiger partial charge in [-0.2, -0.15) is 4.98 Å². The highest BCUT2D eigenvalue weighted by molar-refractivity contribution is 5.94. The van der Waals surface area contributed by atoms with Gasteiger partial charge in [0, 0.05) is 19.3 Å². The van der Waals surface area contributed by atoms with E-state index in [1.54, 1.807) is 13.8 Å². The first-order chi connectivity index (χ1) is 19.9. The number of pyridine rings is 1. The van der Waals surface area contributed by atoms with Crippen molar-refractivity contribution < 1.29 is 24.3 Å². The van der Waals surface area contributed by atoms with E-state index in [0.717, 1.165) is 69.7 Å². The highest BCUT2D eigenvalue weighted by Crippen LogP contribution is 2.28. The monoisotopic (exact) mass is 584 g/mol. The molecule has 2 N–H and O–H groups in total. The van der Waals surface area contributed by atoms with Gasteiger partial charge < -0.3 is 28.9 Å². The number of carbonyl (C=O) groups is 2. The minimum absolute atomic E-state index is 0.0542. The number of likely N-dealkylation sites (tertiary alicyclic amines) is 1. The van der Waals surface area contributed by atoms with E-state index < -0.39 is 5.60 Å². The number of nitrogens with zero attached hydrogens (tertiary/aromatic N) is 6. The van der Waals surface area contributed by atoms with E-state index in [2.05, 4.69) is 42.7 Å². The average Bonchev–Trinajstić information content (AvgIpc) is 3.68. The molecule has 4 rings (SSSR count). The molecule has 1 amide bonds. The van der Waals surface area contributed by atoms with Crippen LogP contribution in [0.15, 0.2) is 22.9 Å². The number of aliphatic hydroxyl groups is 1. The van der Waals surface area contributed by atoms with Crippen molar-refractivity contribution >= 4 is 18.0 Å². The van der Waals surface area contributed by atoms with Gasteiger partial charge in [0.1, 0.15) is 11.2 Å². The Kier molecular flexibility index (Phi) is 12.0. The summed E-state index contributed by atoms with van der Waals surface area (Å²) in [6, 6.07) is 3.77. The van der Waals surface area contributed by atoms with Crippen molar-refractivity contribution in [3.63, 3.8) is 0 Å². The fourth-order valence-corrected chi connectivity index (χ4v) is 5.00. The Balaban J connectivity index is 0.00000155. The zero-order valence-electron chi connectivity index (χ0n) is 26.0. The quantitative estimate of drug-likeness (QED) is 0.269. The van der Waals surface area contributed by atoms with E-state index in [1.807, 2.05) is 27.6 Å². The molecule has 0 bridgehead atoms. The molecule has 0 aliphatic carbocycles. The first-order valence-electron chi connectivity index (χ1n) is 15.1. The van der Waals surface area contributed by atoms with Crippen LogP contribution < -0.4 is 0 Å². The van der Waals surface area contributed by atoms with Crippen molar-refractivity contribution in [2.24, 2.45) is 11.8 Å². The molecule has 0 unspecified atom stereocenters. The summed E-state index contributed by atoms with van der Waals surface area (Å²) in [6.07, 6.45) is 8.11. The lowest BCUT2D eigenvalue weighted by molar-refractivity contribution is -0.122. The van der Waals surface area contributed by atoms with Gasteiger partial charge in [-0.25, -0.2) is 4.98 Å². The molecule has 1 aliphatic rings. The number of carbonyl (C=O) groups excluding carboxylic acids is 1. The predicted molar refractivity (Wildman–Crippen MR) is 161 cm³/mol. The van der Waals surface area contributed by atoms with Gasteiger partial charge in [-0.1, -0.05) is 32.9 Å². The average molecular weight is 585 g/mol. The third-order valence-corrected chi connectivity index (χ3v) is 7.47. The summed E-state index contributed by atoms with van der Waals surface area (Å²) < 4.78 is 7.59. The Labute approximate surface area is 248 Å². The number of aryl methyl sites for hydroxylation is 1. The van der Waals surface area contributed by atoms with Crippen molar-refractivity contribution in [3.05, 3.63) is 35.4 Å². The maximum atomic E-state index is 13.7. The Hall–Kier alpha value is -3.31. The predicted octanol–water partition coefficient (Wildman–Crippen LogP) is 4.88. The number of hydrogen-bond donors (Lipinski definition) is 2. The maximum Gasteiger partial charge on any atom is 0.290 e.